The molecule has 15 heavy (non-hydrogen) atoms. The van der Waals surface area contributed by atoms with E-state index in [4.69, 9.17) is 0 Å². The summed E-state index contributed by atoms with van der Waals surface area (Å²) in [7, 11) is -3.92. The molecule has 0 unspecified atom stereocenters. The van der Waals surface area contributed by atoms with Crippen LogP contribution in [0, 0.1) is 0 Å². The average molecular weight is 228 g/mol. The van der Waals surface area contributed by atoms with Gasteiger partial charge >= 0.3 is 10.3 Å². The number of nitrogens with zero attached hydrogens (tertiary/aromatic N) is 3. The van der Waals surface area contributed by atoms with Crippen molar-refractivity contribution in [2.75, 3.05) is 0 Å². The lowest BCUT2D eigenvalue weighted by Gasteiger charge is -2.01. The van der Waals surface area contributed by atoms with Crippen LogP contribution >= 0.6 is 0 Å². The maximum atomic E-state index is 10.5. The summed E-state index contributed by atoms with van der Waals surface area (Å²) in [6.45, 7) is -0.151. The van der Waals surface area contributed by atoms with Crippen molar-refractivity contribution >= 4 is 16.0 Å². The van der Waals surface area contributed by atoms with E-state index < -0.39 is 10.3 Å². The molecule has 0 aliphatic carbocycles. The van der Waals surface area contributed by atoms with E-state index in [9.17, 15) is 8.42 Å². The van der Waals surface area contributed by atoms with Crippen molar-refractivity contribution in [3.8, 4) is 0 Å². The standard InChI is InChI=1S/C7H8N4O3S/c8-15(12,13)14-5-6-3-9-7-1-2-10-11(7)4-6/h1-4H,5H2,(H2,8,12,13). The van der Waals surface area contributed by atoms with E-state index in [1.807, 2.05) is 0 Å². The smallest absolute Gasteiger partial charge is 0.253 e. The molecule has 2 rings (SSSR count). The summed E-state index contributed by atoms with van der Waals surface area (Å²) in [6, 6.07) is 1.73. The van der Waals surface area contributed by atoms with Gasteiger partial charge in [0.05, 0.1) is 12.8 Å². The van der Waals surface area contributed by atoms with Crippen molar-refractivity contribution < 1.29 is 12.6 Å². The maximum absolute atomic E-state index is 10.5. The van der Waals surface area contributed by atoms with Gasteiger partial charge in [0.1, 0.15) is 0 Å². The van der Waals surface area contributed by atoms with Crippen LogP contribution in [-0.2, 0) is 21.1 Å². The van der Waals surface area contributed by atoms with Crippen LogP contribution in [0.25, 0.3) is 5.65 Å². The minimum atomic E-state index is -3.92. The normalized spacial score (nSPS) is 12.1. The second-order valence-corrected chi connectivity index (χ2v) is 4.07. The van der Waals surface area contributed by atoms with E-state index in [2.05, 4.69) is 19.4 Å². The van der Waals surface area contributed by atoms with E-state index in [0.717, 1.165) is 0 Å². The molecule has 7 nitrogen and oxygen atoms in total. The van der Waals surface area contributed by atoms with Crippen LogP contribution in [-0.4, -0.2) is 23.0 Å². The van der Waals surface area contributed by atoms with Crippen molar-refractivity contribution in [2.24, 2.45) is 5.14 Å². The fraction of sp³-hybridized carbons (Fsp3) is 0.143. The van der Waals surface area contributed by atoms with Gasteiger partial charge in [0.25, 0.3) is 0 Å². The summed E-state index contributed by atoms with van der Waals surface area (Å²) in [6.07, 6.45) is 4.71. The summed E-state index contributed by atoms with van der Waals surface area (Å²) in [5.41, 5.74) is 1.24. The average Bonchev–Trinajstić information content (AvgIpc) is 2.60. The summed E-state index contributed by atoms with van der Waals surface area (Å²) < 4.78 is 27.0. The third kappa shape index (κ3) is 2.49. The lowest BCUT2D eigenvalue weighted by molar-refractivity contribution is 0.307. The number of nitrogens with two attached hydrogens (primary N) is 1. The van der Waals surface area contributed by atoms with Crippen LogP contribution in [0.2, 0.25) is 0 Å². The Kier molecular flexibility index (Phi) is 2.39. The molecule has 0 radical (unpaired) electrons. The third-order valence-corrected chi connectivity index (χ3v) is 2.14. The van der Waals surface area contributed by atoms with Crippen LogP contribution in [0.3, 0.4) is 0 Å². The van der Waals surface area contributed by atoms with Gasteiger partial charge in [-0.3, -0.25) is 4.18 Å². The molecule has 0 aliphatic rings. The molecule has 80 valence electrons. The summed E-state index contributed by atoms with van der Waals surface area (Å²) >= 11 is 0. The first-order chi connectivity index (χ1) is 7.04. The zero-order valence-corrected chi connectivity index (χ0v) is 8.38. The lowest BCUT2D eigenvalue weighted by atomic mass is 10.4. The van der Waals surface area contributed by atoms with Gasteiger partial charge < -0.3 is 0 Å². The van der Waals surface area contributed by atoms with E-state index in [-0.39, 0.29) is 6.61 Å². The molecule has 2 N–H and O–H groups in total. The number of hydrogen-bond donors (Lipinski definition) is 1. The highest BCUT2D eigenvalue weighted by Crippen LogP contribution is 2.03. The van der Waals surface area contributed by atoms with Gasteiger partial charge in [-0.2, -0.15) is 13.5 Å². The van der Waals surface area contributed by atoms with E-state index in [1.54, 1.807) is 18.5 Å². The number of aromatic nitrogens is 3. The minimum Gasteiger partial charge on any atom is -0.253 e. The van der Waals surface area contributed by atoms with Crippen molar-refractivity contribution in [1.29, 1.82) is 0 Å². The molecule has 0 aliphatic heterocycles. The highest BCUT2D eigenvalue weighted by molar-refractivity contribution is 7.84. The van der Waals surface area contributed by atoms with Crippen molar-refractivity contribution in [2.45, 2.75) is 6.61 Å². The molecule has 0 aromatic carbocycles. The summed E-state index contributed by atoms with van der Waals surface area (Å²) in [5, 5.41) is 8.62. The Morgan fingerprint density at radius 1 is 1.53 bits per heavy atom. The van der Waals surface area contributed by atoms with Crippen LogP contribution in [0.5, 0.6) is 0 Å². The quantitative estimate of drug-likeness (QED) is 0.759. The van der Waals surface area contributed by atoms with Crippen molar-refractivity contribution in [3.63, 3.8) is 0 Å². The Labute approximate surface area is 85.7 Å². The largest absolute Gasteiger partial charge is 0.333 e. The molecule has 0 atom stereocenters. The Bertz CT molecular complexity index is 577. The second kappa shape index (κ2) is 3.57. The first kappa shape index (κ1) is 10.0. The molecule has 0 saturated heterocycles. The predicted molar refractivity (Wildman–Crippen MR) is 50.9 cm³/mol. The fourth-order valence-corrected chi connectivity index (χ4v) is 1.37. The first-order valence-corrected chi connectivity index (χ1v) is 5.47. The highest BCUT2D eigenvalue weighted by atomic mass is 32.2. The fourth-order valence-electron chi connectivity index (χ4n) is 1.07. The molecular formula is C7H8N4O3S. The Hall–Kier alpha value is -1.51. The van der Waals surface area contributed by atoms with Gasteiger partial charge in [-0.05, 0) is 0 Å². The van der Waals surface area contributed by atoms with Gasteiger partial charge in [-0.25, -0.2) is 14.6 Å². The topological polar surface area (TPSA) is 99.6 Å². The molecule has 0 amide bonds. The van der Waals surface area contributed by atoms with Gasteiger partial charge in [-0.1, -0.05) is 0 Å². The maximum Gasteiger partial charge on any atom is 0.333 e. The Balaban J connectivity index is 2.21. The SMILES string of the molecule is NS(=O)(=O)OCc1cnc2ccnn2c1. The van der Waals surface area contributed by atoms with Crippen LogP contribution < -0.4 is 5.14 Å². The molecule has 0 spiro atoms. The highest BCUT2D eigenvalue weighted by Gasteiger charge is 2.04. The second-order valence-electron chi connectivity index (χ2n) is 2.85. The monoisotopic (exact) mass is 228 g/mol. The minimum absolute atomic E-state index is 0.151. The number of rotatable bonds is 3. The molecule has 0 saturated carbocycles. The summed E-state index contributed by atoms with van der Waals surface area (Å²) in [4.78, 5) is 4.03. The summed E-state index contributed by atoms with van der Waals surface area (Å²) in [5.74, 6) is 0. The van der Waals surface area contributed by atoms with E-state index in [0.29, 0.717) is 11.2 Å². The molecule has 0 bridgehead atoms. The first-order valence-electron chi connectivity index (χ1n) is 4.00. The predicted octanol–water partition coefficient (Wildman–Crippen LogP) is -0.551. The van der Waals surface area contributed by atoms with E-state index in [1.165, 1.54) is 10.7 Å². The van der Waals surface area contributed by atoms with Crippen molar-refractivity contribution in [3.05, 3.63) is 30.2 Å². The van der Waals surface area contributed by atoms with E-state index >= 15 is 0 Å². The molecule has 8 heteroatoms. The van der Waals surface area contributed by atoms with Crippen LogP contribution in [0.15, 0.2) is 24.7 Å². The molecule has 2 aromatic heterocycles. The number of hydrogen-bond acceptors (Lipinski definition) is 5. The zero-order chi connectivity index (χ0) is 10.9. The molecule has 2 heterocycles. The van der Waals surface area contributed by atoms with Crippen molar-refractivity contribution in [1.82, 2.24) is 14.6 Å². The van der Waals surface area contributed by atoms with Gasteiger partial charge in [0, 0.05) is 24.0 Å². The third-order valence-electron chi connectivity index (χ3n) is 1.69. The van der Waals surface area contributed by atoms with Gasteiger partial charge in [-0.15, -0.1) is 0 Å². The Morgan fingerprint density at radius 3 is 3.07 bits per heavy atom. The van der Waals surface area contributed by atoms with Gasteiger partial charge in [0.2, 0.25) is 0 Å². The molecule has 2 aromatic rings. The Morgan fingerprint density at radius 2 is 2.33 bits per heavy atom. The zero-order valence-electron chi connectivity index (χ0n) is 7.57. The number of fused-ring (bicyclic) bond motifs is 1. The van der Waals surface area contributed by atoms with Gasteiger partial charge in [0.15, 0.2) is 5.65 Å². The molecular weight excluding hydrogens is 220 g/mol. The molecule has 0 fully saturated rings. The van der Waals surface area contributed by atoms with Crippen LogP contribution in [0.4, 0.5) is 0 Å². The lowest BCUT2D eigenvalue weighted by Crippen LogP contribution is -2.15. The van der Waals surface area contributed by atoms with Crippen LogP contribution in [0.1, 0.15) is 5.56 Å².